The summed E-state index contributed by atoms with van der Waals surface area (Å²) in [5, 5.41) is 8.07. The van der Waals surface area contributed by atoms with Crippen molar-refractivity contribution in [1.82, 2.24) is 20.1 Å². The van der Waals surface area contributed by atoms with Gasteiger partial charge >= 0.3 is 0 Å². The van der Waals surface area contributed by atoms with Crippen molar-refractivity contribution in [2.45, 2.75) is 44.9 Å². The number of rotatable bonds is 6. The van der Waals surface area contributed by atoms with Gasteiger partial charge in [0, 0.05) is 54.5 Å². The lowest BCUT2D eigenvalue weighted by molar-refractivity contribution is 0.0624. The zero-order chi connectivity index (χ0) is 22.0. The predicted octanol–water partition coefficient (Wildman–Crippen LogP) is 4.15. The van der Waals surface area contributed by atoms with E-state index >= 15 is 0 Å². The van der Waals surface area contributed by atoms with Crippen LogP contribution < -0.4 is 0 Å². The molecule has 1 aliphatic rings. The average molecular weight is 441 g/mol. The van der Waals surface area contributed by atoms with E-state index in [1.807, 2.05) is 56.9 Å². The molecule has 0 radical (unpaired) electrons. The number of piperazine rings is 1. The number of carbonyl (C=O) groups is 1. The van der Waals surface area contributed by atoms with E-state index in [-0.39, 0.29) is 5.91 Å². The van der Waals surface area contributed by atoms with Crippen molar-refractivity contribution in [2.24, 2.45) is 0 Å². The van der Waals surface area contributed by atoms with Gasteiger partial charge in [0.05, 0.1) is 17.0 Å². The fourth-order valence-corrected chi connectivity index (χ4v) is 5.06. The Morgan fingerprint density at radius 2 is 1.55 bits per heavy atom. The largest absolute Gasteiger partial charge is 0.361 e. The summed E-state index contributed by atoms with van der Waals surface area (Å²) < 4.78 is 10.5. The van der Waals surface area contributed by atoms with Crippen LogP contribution in [-0.4, -0.2) is 52.2 Å². The van der Waals surface area contributed by atoms with Crippen LogP contribution in [0, 0.1) is 27.7 Å². The Labute approximate surface area is 186 Å². The smallest absolute Gasteiger partial charge is 0.255 e. The van der Waals surface area contributed by atoms with Gasteiger partial charge < -0.3 is 13.9 Å². The Morgan fingerprint density at radius 3 is 2.16 bits per heavy atom. The molecule has 0 unspecified atom stereocenters. The molecule has 3 heterocycles. The minimum absolute atomic E-state index is 0.0962. The molecule has 1 aliphatic heterocycles. The average Bonchev–Trinajstić information content (AvgIpc) is 3.27. The van der Waals surface area contributed by atoms with Crippen LogP contribution in [0.2, 0.25) is 0 Å². The van der Waals surface area contributed by atoms with Crippen LogP contribution in [0.4, 0.5) is 0 Å². The summed E-state index contributed by atoms with van der Waals surface area (Å²) in [6, 6.07) is 7.85. The van der Waals surface area contributed by atoms with E-state index in [9.17, 15) is 4.79 Å². The van der Waals surface area contributed by atoms with Crippen molar-refractivity contribution in [2.75, 3.05) is 26.2 Å². The molecule has 0 aliphatic carbocycles. The van der Waals surface area contributed by atoms with Gasteiger partial charge in [-0.15, -0.1) is 11.8 Å². The Morgan fingerprint density at radius 1 is 0.935 bits per heavy atom. The summed E-state index contributed by atoms with van der Waals surface area (Å²) in [7, 11) is 0. The maximum atomic E-state index is 13.3. The second kappa shape index (κ2) is 9.28. The van der Waals surface area contributed by atoms with Crippen LogP contribution in [0.15, 0.2) is 38.2 Å². The molecule has 0 saturated carbocycles. The van der Waals surface area contributed by atoms with E-state index in [4.69, 9.17) is 9.05 Å². The lowest BCUT2D eigenvalue weighted by Gasteiger charge is -2.35. The fraction of sp³-hybridized carbons (Fsp3) is 0.435. The molecule has 1 aromatic carbocycles. The number of aromatic nitrogens is 2. The lowest BCUT2D eigenvalue weighted by atomic mass is 10.1. The van der Waals surface area contributed by atoms with Gasteiger partial charge in [0.15, 0.2) is 0 Å². The molecule has 4 rings (SSSR count). The zero-order valence-electron chi connectivity index (χ0n) is 18.5. The highest BCUT2D eigenvalue weighted by molar-refractivity contribution is 7.98. The molecule has 164 valence electrons. The normalized spacial score (nSPS) is 14.9. The number of hydrogen-bond donors (Lipinski definition) is 0. The van der Waals surface area contributed by atoms with E-state index < -0.39 is 0 Å². The van der Waals surface area contributed by atoms with E-state index in [0.29, 0.717) is 13.1 Å². The van der Waals surface area contributed by atoms with E-state index in [0.717, 1.165) is 69.9 Å². The number of carbonyl (C=O) groups excluding carboxylic acids is 1. The standard InChI is InChI=1S/C23H28N4O3S/c1-15-20(17(3)29-24-15)13-26-9-11-27(12-10-26)23(28)19-7-5-6-8-22(19)31-14-21-16(2)25-30-18(21)4/h5-8H,9-14H2,1-4H3. The molecule has 0 N–H and O–H groups in total. The number of amides is 1. The third kappa shape index (κ3) is 4.70. The van der Waals surface area contributed by atoms with Gasteiger partial charge in [0.1, 0.15) is 11.5 Å². The fourth-order valence-electron chi connectivity index (χ4n) is 3.86. The molecule has 7 nitrogen and oxygen atoms in total. The Balaban J connectivity index is 1.39. The predicted molar refractivity (Wildman–Crippen MR) is 119 cm³/mol. The van der Waals surface area contributed by atoms with Crippen LogP contribution in [0.3, 0.4) is 0 Å². The maximum absolute atomic E-state index is 13.3. The lowest BCUT2D eigenvalue weighted by Crippen LogP contribution is -2.48. The number of nitrogens with zero attached hydrogens (tertiary/aromatic N) is 4. The second-order valence-electron chi connectivity index (χ2n) is 7.96. The van der Waals surface area contributed by atoms with Gasteiger partial charge in [-0.25, -0.2) is 0 Å². The number of thioether (sulfide) groups is 1. The van der Waals surface area contributed by atoms with Gasteiger partial charge in [-0.3, -0.25) is 9.69 Å². The first-order valence-corrected chi connectivity index (χ1v) is 11.5. The first-order valence-electron chi connectivity index (χ1n) is 10.5. The van der Waals surface area contributed by atoms with E-state index in [1.54, 1.807) is 11.8 Å². The molecule has 1 fully saturated rings. The molecule has 8 heteroatoms. The Kier molecular flexibility index (Phi) is 6.48. The summed E-state index contributed by atoms with van der Waals surface area (Å²) in [5.41, 5.74) is 4.86. The molecule has 0 bridgehead atoms. The number of benzene rings is 1. The van der Waals surface area contributed by atoms with Crippen LogP contribution in [0.25, 0.3) is 0 Å². The monoisotopic (exact) mass is 440 g/mol. The molecule has 2 aromatic heterocycles. The van der Waals surface area contributed by atoms with Crippen LogP contribution in [0.5, 0.6) is 0 Å². The maximum Gasteiger partial charge on any atom is 0.255 e. The third-order valence-corrected chi connectivity index (χ3v) is 6.99. The molecule has 3 aromatic rings. The molecule has 1 saturated heterocycles. The number of aryl methyl sites for hydroxylation is 4. The van der Waals surface area contributed by atoms with E-state index in [2.05, 4.69) is 15.2 Å². The SMILES string of the molecule is Cc1noc(C)c1CSc1ccccc1C(=O)N1CCN(Cc2c(C)noc2C)CC1. The first kappa shape index (κ1) is 21.6. The van der Waals surface area contributed by atoms with Crippen LogP contribution >= 0.6 is 11.8 Å². The second-order valence-corrected chi connectivity index (χ2v) is 8.98. The van der Waals surface area contributed by atoms with Crippen molar-refractivity contribution in [1.29, 1.82) is 0 Å². The quantitative estimate of drug-likeness (QED) is 0.533. The summed E-state index contributed by atoms with van der Waals surface area (Å²) >= 11 is 1.66. The molecular weight excluding hydrogens is 412 g/mol. The highest BCUT2D eigenvalue weighted by Crippen LogP contribution is 2.29. The van der Waals surface area contributed by atoms with Gasteiger partial charge in [-0.1, -0.05) is 22.4 Å². The van der Waals surface area contributed by atoms with Crippen molar-refractivity contribution in [3.05, 3.63) is 63.9 Å². The summed E-state index contributed by atoms with van der Waals surface area (Å²) in [5.74, 6) is 2.54. The highest BCUT2D eigenvalue weighted by atomic mass is 32.2. The minimum Gasteiger partial charge on any atom is -0.361 e. The summed E-state index contributed by atoms with van der Waals surface area (Å²) in [4.78, 5) is 18.6. The zero-order valence-corrected chi connectivity index (χ0v) is 19.3. The Hall–Kier alpha value is -2.58. The van der Waals surface area contributed by atoms with Crippen LogP contribution in [-0.2, 0) is 12.3 Å². The van der Waals surface area contributed by atoms with Gasteiger partial charge in [-0.05, 0) is 39.8 Å². The van der Waals surface area contributed by atoms with Crippen LogP contribution in [0.1, 0.15) is 44.4 Å². The van der Waals surface area contributed by atoms with Crippen molar-refractivity contribution in [3.63, 3.8) is 0 Å². The minimum atomic E-state index is 0.0962. The molecular formula is C23H28N4O3S. The molecule has 31 heavy (non-hydrogen) atoms. The highest BCUT2D eigenvalue weighted by Gasteiger charge is 2.25. The van der Waals surface area contributed by atoms with Gasteiger partial charge in [0.25, 0.3) is 5.91 Å². The molecule has 0 spiro atoms. The first-order chi connectivity index (χ1) is 14.9. The van der Waals surface area contributed by atoms with Crippen molar-refractivity contribution < 1.29 is 13.8 Å². The summed E-state index contributed by atoms with van der Waals surface area (Å²) in [6.45, 7) is 11.7. The van der Waals surface area contributed by atoms with Crippen molar-refractivity contribution in [3.8, 4) is 0 Å². The molecule has 0 atom stereocenters. The van der Waals surface area contributed by atoms with Crippen molar-refractivity contribution >= 4 is 17.7 Å². The number of hydrogen-bond acceptors (Lipinski definition) is 7. The Bertz CT molecular complexity index is 1030. The van der Waals surface area contributed by atoms with Gasteiger partial charge in [-0.2, -0.15) is 0 Å². The van der Waals surface area contributed by atoms with E-state index in [1.165, 1.54) is 0 Å². The van der Waals surface area contributed by atoms with Gasteiger partial charge in [0.2, 0.25) is 0 Å². The summed E-state index contributed by atoms with van der Waals surface area (Å²) in [6.07, 6.45) is 0. The molecule has 1 amide bonds. The third-order valence-electron chi connectivity index (χ3n) is 5.89. The topological polar surface area (TPSA) is 75.6 Å².